The number of nitrogens with zero attached hydrogens (tertiary/aromatic N) is 2. The van der Waals surface area contributed by atoms with Gasteiger partial charge in [-0.2, -0.15) is 0 Å². The van der Waals surface area contributed by atoms with Crippen LogP contribution in [0.4, 0.5) is 21.0 Å². The van der Waals surface area contributed by atoms with Gasteiger partial charge in [-0.3, -0.25) is 10.1 Å². The number of fused-ring (bicyclic) bond motifs is 4. The van der Waals surface area contributed by atoms with Crippen molar-refractivity contribution in [2.45, 2.75) is 89.9 Å². The summed E-state index contributed by atoms with van der Waals surface area (Å²) >= 11 is 0. The zero-order valence-electron chi connectivity index (χ0n) is 25.3. The number of carbonyl (C=O) groups excluding carboxylic acids is 3. The fraction of sp³-hybridized carbons (Fsp3) is 0.571. The number of hydrogen-bond donors (Lipinski definition) is 5. The van der Waals surface area contributed by atoms with Crippen molar-refractivity contribution >= 4 is 37.5 Å². The minimum atomic E-state index is -1.44. The van der Waals surface area contributed by atoms with Crippen LogP contribution in [0, 0.1) is 0 Å². The van der Waals surface area contributed by atoms with Gasteiger partial charge < -0.3 is 39.6 Å². The highest BCUT2D eigenvalue weighted by Gasteiger charge is 2.31. The normalized spacial score (nSPS) is 19.5. The van der Waals surface area contributed by atoms with Crippen molar-refractivity contribution in [1.82, 2.24) is 14.9 Å². The molecule has 42 heavy (non-hydrogen) atoms. The second-order valence-corrected chi connectivity index (χ2v) is 18.1. The van der Waals surface area contributed by atoms with Crippen molar-refractivity contribution in [3.05, 3.63) is 30.2 Å². The van der Waals surface area contributed by atoms with E-state index >= 15 is 0 Å². The van der Waals surface area contributed by atoms with E-state index in [0.717, 1.165) is 6.04 Å². The summed E-state index contributed by atoms with van der Waals surface area (Å²) in [6.45, 7) is 12.6. The number of benzene rings is 1. The molecule has 1 aliphatic rings. The van der Waals surface area contributed by atoms with E-state index < -0.39 is 56.4 Å². The lowest BCUT2D eigenvalue weighted by Crippen LogP contribution is -2.40. The number of ether oxygens (including phenoxy) is 3. The van der Waals surface area contributed by atoms with Crippen LogP contribution >= 0.6 is 0 Å². The van der Waals surface area contributed by atoms with Gasteiger partial charge in [-0.25, -0.2) is 14.6 Å². The predicted molar refractivity (Wildman–Crippen MR) is 160 cm³/mol. The molecule has 1 aromatic heterocycles. The van der Waals surface area contributed by atoms with E-state index in [0.29, 0.717) is 35.1 Å². The Kier molecular flexibility index (Phi) is 10.8. The lowest BCUT2D eigenvalue weighted by Gasteiger charge is -2.27. The summed E-state index contributed by atoms with van der Waals surface area (Å²) < 4.78 is 17.9. The van der Waals surface area contributed by atoms with E-state index in [2.05, 4.69) is 40.3 Å². The van der Waals surface area contributed by atoms with E-state index in [9.17, 15) is 24.6 Å². The first-order valence-electron chi connectivity index (χ1n) is 13.8. The summed E-state index contributed by atoms with van der Waals surface area (Å²) in [4.78, 5) is 42.3. The molecule has 0 saturated heterocycles. The van der Waals surface area contributed by atoms with Gasteiger partial charge >= 0.3 is 12.2 Å². The molecule has 3 atom stereocenters. The predicted octanol–water partition coefficient (Wildman–Crippen LogP) is 4.06. The molecule has 2 bridgehead atoms. The van der Waals surface area contributed by atoms with Crippen LogP contribution in [-0.2, 0) is 25.7 Å². The van der Waals surface area contributed by atoms with Gasteiger partial charge in [0, 0.05) is 38.5 Å². The number of carbonyl (C=O) groups is 3. The smallest absolute Gasteiger partial charge is 0.411 e. The van der Waals surface area contributed by atoms with Gasteiger partial charge in [0.25, 0.3) is 0 Å². The molecule has 2 unspecified atom stereocenters. The molecular formula is C28H43N5O8Si. The Bertz CT molecular complexity index is 1270. The largest absolute Gasteiger partial charge is 0.453 e. The minimum Gasteiger partial charge on any atom is -0.453 e. The average molecular weight is 606 g/mol. The average Bonchev–Trinajstić information content (AvgIpc) is 3.27. The molecule has 2 aromatic rings. The van der Waals surface area contributed by atoms with Gasteiger partial charge in [0.2, 0.25) is 5.91 Å². The molecule has 2 heterocycles. The Morgan fingerprint density at radius 2 is 1.88 bits per heavy atom. The third-order valence-electron chi connectivity index (χ3n) is 6.35. The highest BCUT2D eigenvalue weighted by atomic mass is 28.3. The van der Waals surface area contributed by atoms with Crippen LogP contribution in [0.3, 0.4) is 0 Å². The molecule has 0 spiro atoms. The minimum absolute atomic E-state index is 0.113. The van der Waals surface area contributed by atoms with Crippen LogP contribution in [0.25, 0.3) is 11.3 Å². The third-order valence-corrected chi connectivity index (χ3v) is 8.06. The van der Waals surface area contributed by atoms with Crippen LogP contribution in [0.15, 0.2) is 24.4 Å². The number of hydrogen-bond acceptors (Lipinski definition) is 9. The molecular weight excluding hydrogens is 562 g/mol. The van der Waals surface area contributed by atoms with Crippen molar-refractivity contribution in [3.8, 4) is 11.3 Å². The number of amides is 3. The number of methoxy groups -OCH3 is 1. The van der Waals surface area contributed by atoms with E-state index in [1.807, 2.05) is 0 Å². The van der Waals surface area contributed by atoms with Crippen molar-refractivity contribution in [2.75, 3.05) is 24.4 Å². The van der Waals surface area contributed by atoms with Gasteiger partial charge in [0.05, 0.1) is 43.2 Å². The molecule has 0 saturated carbocycles. The van der Waals surface area contributed by atoms with E-state index in [1.165, 1.54) is 13.2 Å². The van der Waals surface area contributed by atoms with Gasteiger partial charge in [0.15, 0.2) is 0 Å². The maximum Gasteiger partial charge on any atom is 0.411 e. The molecule has 0 aliphatic carbocycles. The Morgan fingerprint density at radius 3 is 2.52 bits per heavy atom. The zero-order valence-corrected chi connectivity index (χ0v) is 26.3. The molecule has 0 radical (unpaired) electrons. The number of aliphatic hydroxyl groups excluding tert-OH is 2. The molecule has 232 valence electrons. The van der Waals surface area contributed by atoms with Crippen LogP contribution in [0.1, 0.15) is 45.5 Å². The molecule has 3 rings (SSSR count). The molecule has 1 aliphatic heterocycles. The van der Waals surface area contributed by atoms with Crippen molar-refractivity contribution in [3.63, 3.8) is 0 Å². The zero-order chi connectivity index (χ0) is 31.2. The number of aliphatic hydroxyl groups is 2. The second kappa shape index (κ2) is 13.7. The Labute approximate surface area is 246 Å². The van der Waals surface area contributed by atoms with Gasteiger partial charge in [-0.1, -0.05) is 19.6 Å². The lowest BCUT2D eigenvalue weighted by atomic mass is 10.0. The fourth-order valence-corrected chi connectivity index (χ4v) is 4.96. The van der Waals surface area contributed by atoms with E-state index in [-0.39, 0.29) is 13.2 Å². The molecule has 1 aromatic carbocycles. The summed E-state index contributed by atoms with van der Waals surface area (Å²) in [6, 6.07) is 4.89. The summed E-state index contributed by atoms with van der Waals surface area (Å²) in [5.41, 5.74) is 0.857. The highest BCUT2D eigenvalue weighted by molar-refractivity contribution is 6.76. The molecule has 5 N–H and O–H groups in total. The van der Waals surface area contributed by atoms with E-state index in [4.69, 9.17) is 14.5 Å². The number of imidazole rings is 1. The Hall–Kier alpha value is -3.46. The molecule has 3 amide bonds. The van der Waals surface area contributed by atoms with Gasteiger partial charge in [-0.05, 0) is 45.0 Å². The SMILES string of the molecule is COC(=O)Nc1ccc2c(c1)NC(=O)C[C@H](O)C(O)CC(NC(=O)OC(C)(C)C)c1nc-2cn1COCC[Si](C)(C)C. The monoisotopic (exact) mass is 605 g/mol. The first-order valence-corrected chi connectivity index (χ1v) is 17.5. The van der Waals surface area contributed by atoms with Crippen LogP contribution in [0.5, 0.6) is 0 Å². The Balaban J connectivity index is 2.10. The molecule has 14 heteroatoms. The molecule has 0 fully saturated rings. The quantitative estimate of drug-likeness (QED) is 0.230. The van der Waals surface area contributed by atoms with Crippen LogP contribution < -0.4 is 16.0 Å². The summed E-state index contributed by atoms with van der Waals surface area (Å²) in [6.07, 6.45) is -3.07. The number of anilines is 2. The van der Waals surface area contributed by atoms with Gasteiger partial charge in [0.1, 0.15) is 18.2 Å². The standard InChI is InChI=1S/C28H43N5O8Si/c1-28(2,3)41-27(38)32-20-13-22(34)23(35)14-24(36)30-19-12-17(29-26(37)39-4)8-9-18(19)21-15-33(25(20)31-21)16-40-10-11-42(5,6)7/h8-9,12,15,20,22-23,34-35H,10-11,13-14,16H2,1-7H3,(H,29,37)(H,30,36)(H,32,38)/t20?,22?,23-/m0/s1. The third kappa shape index (κ3) is 9.82. The summed E-state index contributed by atoms with van der Waals surface area (Å²) in [5, 5.41) is 29.7. The highest BCUT2D eigenvalue weighted by Crippen LogP contribution is 2.33. The second-order valence-electron chi connectivity index (χ2n) is 12.5. The maximum absolute atomic E-state index is 12.9. The topological polar surface area (TPSA) is 173 Å². The number of aromatic nitrogens is 2. The lowest BCUT2D eigenvalue weighted by molar-refractivity contribution is -0.120. The van der Waals surface area contributed by atoms with Crippen molar-refractivity contribution in [1.29, 1.82) is 0 Å². The first kappa shape index (κ1) is 33.0. The Morgan fingerprint density at radius 1 is 1.17 bits per heavy atom. The molecule has 13 nitrogen and oxygen atoms in total. The number of alkyl carbamates (subject to hydrolysis) is 1. The fourth-order valence-electron chi connectivity index (χ4n) is 4.20. The van der Waals surface area contributed by atoms with Gasteiger partial charge in [-0.15, -0.1) is 0 Å². The number of nitrogens with one attached hydrogen (secondary N) is 3. The van der Waals surface area contributed by atoms with Crippen LogP contribution in [-0.4, -0.2) is 77.5 Å². The van der Waals surface area contributed by atoms with Crippen molar-refractivity contribution in [2.24, 2.45) is 0 Å². The summed E-state index contributed by atoms with van der Waals surface area (Å²) in [7, 11) is -0.117. The van der Waals surface area contributed by atoms with E-state index in [1.54, 1.807) is 43.7 Å². The maximum atomic E-state index is 12.9. The van der Waals surface area contributed by atoms with Crippen molar-refractivity contribution < 1.29 is 38.8 Å². The first-order chi connectivity index (χ1) is 19.5. The number of rotatable bonds is 7. The van der Waals surface area contributed by atoms with Crippen LogP contribution in [0.2, 0.25) is 25.7 Å². The summed E-state index contributed by atoms with van der Waals surface area (Å²) in [5.74, 6) is -0.200.